The van der Waals surface area contributed by atoms with E-state index in [-0.39, 0.29) is 6.04 Å². The zero-order chi connectivity index (χ0) is 14.3. The Bertz CT molecular complexity index is 334. The van der Waals surface area contributed by atoms with Crippen LogP contribution < -0.4 is 10.0 Å². The van der Waals surface area contributed by atoms with Crippen molar-refractivity contribution in [1.29, 1.82) is 0 Å². The molecule has 5 nitrogen and oxygen atoms in total. The number of rotatable bonds is 8. The number of nitrogens with one attached hydrogen (secondary N) is 2. The molecule has 0 amide bonds. The van der Waals surface area contributed by atoms with Crippen molar-refractivity contribution in [2.45, 2.75) is 52.5 Å². The number of piperidine rings is 1. The van der Waals surface area contributed by atoms with E-state index in [9.17, 15) is 8.42 Å². The van der Waals surface area contributed by atoms with E-state index in [2.05, 4.69) is 10.0 Å². The molecule has 1 aliphatic rings. The fourth-order valence-corrected chi connectivity index (χ4v) is 4.22. The van der Waals surface area contributed by atoms with E-state index in [1.165, 1.54) is 0 Å². The lowest BCUT2D eigenvalue weighted by Gasteiger charge is -2.31. The highest BCUT2D eigenvalue weighted by Gasteiger charge is 2.27. The lowest BCUT2D eigenvalue weighted by atomic mass is 9.94. The molecular weight excluding hydrogens is 262 g/mol. The second-order valence-corrected chi connectivity index (χ2v) is 7.12. The third kappa shape index (κ3) is 5.38. The average Bonchev–Trinajstić information content (AvgIpc) is 2.39. The van der Waals surface area contributed by atoms with Crippen LogP contribution in [0.15, 0.2) is 0 Å². The molecule has 0 aliphatic carbocycles. The van der Waals surface area contributed by atoms with Gasteiger partial charge in [0.05, 0.1) is 0 Å². The third-order valence-electron chi connectivity index (χ3n) is 3.66. The lowest BCUT2D eigenvalue weighted by molar-refractivity contribution is 0.312. The van der Waals surface area contributed by atoms with E-state index in [0.717, 1.165) is 38.8 Å². The van der Waals surface area contributed by atoms with Crippen LogP contribution in [0.3, 0.4) is 0 Å². The standard InChI is InChI=1S/C13H29N3O2S/c1-4-9-16(10-5-2)19(17,18)15-12(3)13-7-6-8-14-11-13/h12-15H,4-11H2,1-3H3. The van der Waals surface area contributed by atoms with Crippen LogP contribution in [0.1, 0.15) is 46.5 Å². The number of nitrogens with zero attached hydrogens (tertiary/aromatic N) is 1. The fraction of sp³-hybridized carbons (Fsp3) is 1.00. The molecule has 0 bridgehead atoms. The number of hydrogen-bond donors (Lipinski definition) is 2. The summed E-state index contributed by atoms with van der Waals surface area (Å²) >= 11 is 0. The maximum absolute atomic E-state index is 12.4. The van der Waals surface area contributed by atoms with Gasteiger partial charge in [0.2, 0.25) is 0 Å². The maximum Gasteiger partial charge on any atom is 0.279 e. The molecule has 19 heavy (non-hydrogen) atoms. The molecule has 0 aromatic heterocycles. The molecule has 0 spiro atoms. The normalized spacial score (nSPS) is 22.6. The molecule has 1 fully saturated rings. The van der Waals surface area contributed by atoms with Gasteiger partial charge < -0.3 is 5.32 Å². The first-order chi connectivity index (χ1) is 9.01. The predicted molar refractivity (Wildman–Crippen MR) is 79.3 cm³/mol. The smallest absolute Gasteiger partial charge is 0.279 e. The Morgan fingerprint density at radius 1 is 1.32 bits per heavy atom. The van der Waals surface area contributed by atoms with Gasteiger partial charge in [0.15, 0.2) is 0 Å². The quantitative estimate of drug-likeness (QED) is 0.709. The monoisotopic (exact) mass is 291 g/mol. The minimum Gasteiger partial charge on any atom is -0.316 e. The van der Waals surface area contributed by atoms with E-state index >= 15 is 0 Å². The molecule has 0 aromatic carbocycles. The van der Waals surface area contributed by atoms with Crippen LogP contribution in [0, 0.1) is 5.92 Å². The van der Waals surface area contributed by atoms with Crippen molar-refractivity contribution in [3.8, 4) is 0 Å². The molecule has 2 N–H and O–H groups in total. The molecule has 1 saturated heterocycles. The summed E-state index contributed by atoms with van der Waals surface area (Å²) in [7, 11) is -3.34. The first-order valence-corrected chi connectivity index (χ1v) is 8.93. The highest BCUT2D eigenvalue weighted by molar-refractivity contribution is 7.87. The largest absolute Gasteiger partial charge is 0.316 e. The molecule has 114 valence electrons. The van der Waals surface area contributed by atoms with E-state index in [1.807, 2.05) is 20.8 Å². The van der Waals surface area contributed by atoms with E-state index in [4.69, 9.17) is 0 Å². The summed E-state index contributed by atoms with van der Waals surface area (Å²) in [6.07, 6.45) is 3.92. The molecule has 0 radical (unpaired) electrons. The van der Waals surface area contributed by atoms with Crippen molar-refractivity contribution in [3.05, 3.63) is 0 Å². The summed E-state index contributed by atoms with van der Waals surface area (Å²) in [5.74, 6) is 0.397. The first-order valence-electron chi connectivity index (χ1n) is 7.49. The summed E-state index contributed by atoms with van der Waals surface area (Å²) in [6.45, 7) is 9.14. The van der Waals surface area contributed by atoms with Gasteiger partial charge in [0, 0.05) is 19.1 Å². The van der Waals surface area contributed by atoms with Gasteiger partial charge in [0.25, 0.3) is 10.2 Å². The average molecular weight is 291 g/mol. The van der Waals surface area contributed by atoms with Crippen LogP contribution in [0.2, 0.25) is 0 Å². The molecule has 0 aromatic rings. The van der Waals surface area contributed by atoms with Gasteiger partial charge in [-0.2, -0.15) is 17.4 Å². The molecule has 2 unspecified atom stereocenters. The van der Waals surface area contributed by atoms with Crippen LogP contribution >= 0.6 is 0 Å². The van der Waals surface area contributed by atoms with Gasteiger partial charge in [-0.15, -0.1) is 0 Å². The molecule has 1 rings (SSSR count). The zero-order valence-electron chi connectivity index (χ0n) is 12.5. The van der Waals surface area contributed by atoms with Crippen molar-refractivity contribution >= 4 is 10.2 Å². The van der Waals surface area contributed by atoms with Gasteiger partial charge in [-0.05, 0) is 51.6 Å². The van der Waals surface area contributed by atoms with E-state index in [0.29, 0.717) is 19.0 Å². The van der Waals surface area contributed by atoms with Crippen molar-refractivity contribution in [3.63, 3.8) is 0 Å². The fourth-order valence-electron chi connectivity index (χ4n) is 2.56. The Labute approximate surface area is 118 Å². The second-order valence-electron chi connectivity index (χ2n) is 5.42. The Morgan fingerprint density at radius 3 is 2.42 bits per heavy atom. The van der Waals surface area contributed by atoms with Crippen LogP contribution in [0.5, 0.6) is 0 Å². The van der Waals surface area contributed by atoms with Crippen molar-refractivity contribution < 1.29 is 8.42 Å². The van der Waals surface area contributed by atoms with Crippen molar-refractivity contribution in [2.75, 3.05) is 26.2 Å². The van der Waals surface area contributed by atoms with Crippen LogP contribution in [-0.2, 0) is 10.2 Å². The van der Waals surface area contributed by atoms with Crippen LogP contribution in [0.4, 0.5) is 0 Å². The minimum atomic E-state index is -3.34. The van der Waals surface area contributed by atoms with Gasteiger partial charge in [-0.1, -0.05) is 13.8 Å². The van der Waals surface area contributed by atoms with Crippen molar-refractivity contribution in [1.82, 2.24) is 14.3 Å². The van der Waals surface area contributed by atoms with Gasteiger partial charge in [-0.25, -0.2) is 0 Å². The molecule has 1 aliphatic heterocycles. The molecule has 6 heteroatoms. The van der Waals surface area contributed by atoms with Crippen molar-refractivity contribution in [2.24, 2.45) is 5.92 Å². The summed E-state index contributed by atoms with van der Waals surface area (Å²) < 4.78 is 29.1. The summed E-state index contributed by atoms with van der Waals surface area (Å²) in [5.41, 5.74) is 0. The lowest BCUT2D eigenvalue weighted by Crippen LogP contribution is -2.49. The van der Waals surface area contributed by atoms with E-state index < -0.39 is 10.2 Å². The summed E-state index contributed by atoms with van der Waals surface area (Å²) in [4.78, 5) is 0. The van der Waals surface area contributed by atoms with Gasteiger partial charge in [-0.3, -0.25) is 0 Å². The third-order valence-corrected chi connectivity index (χ3v) is 5.38. The topological polar surface area (TPSA) is 61.4 Å². The Balaban J connectivity index is 2.59. The van der Waals surface area contributed by atoms with Crippen LogP contribution in [-0.4, -0.2) is 44.9 Å². The minimum absolute atomic E-state index is 0.00554. The predicted octanol–water partition coefficient (Wildman–Crippen LogP) is 1.33. The Kier molecular flexibility index (Phi) is 7.28. The van der Waals surface area contributed by atoms with Crippen LogP contribution in [0.25, 0.3) is 0 Å². The second kappa shape index (κ2) is 8.19. The summed E-state index contributed by atoms with van der Waals surface area (Å²) in [6, 6.07) is -0.00554. The highest BCUT2D eigenvalue weighted by Crippen LogP contribution is 2.15. The molecule has 0 saturated carbocycles. The van der Waals surface area contributed by atoms with Gasteiger partial charge in [0.1, 0.15) is 0 Å². The number of hydrogen-bond acceptors (Lipinski definition) is 3. The van der Waals surface area contributed by atoms with Gasteiger partial charge >= 0.3 is 0 Å². The highest BCUT2D eigenvalue weighted by atomic mass is 32.2. The Hall–Kier alpha value is -0.170. The SMILES string of the molecule is CCCN(CCC)S(=O)(=O)NC(C)C1CCCNC1. The Morgan fingerprint density at radius 2 is 1.95 bits per heavy atom. The molecule has 2 atom stereocenters. The molecular formula is C13H29N3O2S. The molecule has 1 heterocycles. The van der Waals surface area contributed by atoms with E-state index in [1.54, 1.807) is 4.31 Å². The summed E-state index contributed by atoms with van der Waals surface area (Å²) in [5, 5.41) is 3.33. The maximum atomic E-state index is 12.4. The zero-order valence-corrected chi connectivity index (χ0v) is 13.3. The first kappa shape index (κ1) is 16.9.